The maximum Gasteiger partial charge on any atom is 0.240 e. The summed E-state index contributed by atoms with van der Waals surface area (Å²) in [5.74, 6) is -0.0893. The molecule has 1 saturated heterocycles. The first-order valence-corrected chi connectivity index (χ1v) is 6.72. The predicted molar refractivity (Wildman–Crippen MR) is 63.9 cm³/mol. The molecule has 1 aliphatic rings. The predicted octanol–water partition coefficient (Wildman–Crippen LogP) is 0.707. The van der Waals surface area contributed by atoms with Crippen LogP contribution in [0.5, 0.6) is 0 Å². The van der Waals surface area contributed by atoms with Crippen LogP contribution in [0, 0.1) is 5.41 Å². The van der Waals surface area contributed by atoms with Crippen molar-refractivity contribution >= 4 is 21.6 Å². The second-order valence-electron chi connectivity index (χ2n) is 4.79. The third kappa shape index (κ3) is 1.94. The van der Waals surface area contributed by atoms with E-state index in [0.29, 0.717) is 12.2 Å². The van der Waals surface area contributed by atoms with Crippen LogP contribution < -0.4 is 10.0 Å². The minimum atomic E-state index is -3.81. The van der Waals surface area contributed by atoms with Gasteiger partial charge in [-0.05, 0) is 26.0 Å². The van der Waals surface area contributed by atoms with Crippen LogP contribution in [-0.2, 0) is 14.8 Å². The Morgan fingerprint density at radius 3 is 2.35 bits per heavy atom. The van der Waals surface area contributed by atoms with Crippen molar-refractivity contribution in [1.29, 1.82) is 0 Å². The summed E-state index contributed by atoms with van der Waals surface area (Å²) in [4.78, 5) is 13.3. The molecule has 92 valence electrons. The molecule has 0 aliphatic carbocycles. The number of primary sulfonamides is 1. The number of nitrogens with two attached hydrogens (primary N) is 1. The topological polar surface area (TPSA) is 80.5 Å². The molecule has 6 heteroatoms. The van der Waals surface area contributed by atoms with Crippen molar-refractivity contribution < 1.29 is 13.2 Å². The zero-order valence-electron chi connectivity index (χ0n) is 9.67. The zero-order chi connectivity index (χ0) is 12.8. The van der Waals surface area contributed by atoms with Crippen molar-refractivity contribution in [3.8, 4) is 0 Å². The maximum atomic E-state index is 11.9. The quantitative estimate of drug-likeness (QED) is 0.789. The van der Waals surface area contributed by atoms with Crippen LogP contribution in [0.1, 0.15) is 13.8 Å². The molecule has 0 spiro atoms. The van der Waals surface area contributed by atoms with E-state index in [2.05, 4.69) is 0 Å². The van der Waals surface area contributed by atoms with Gasteiger partial charge in [-0.2, -0.15) is 0 Å². The van der Waals surface area contributed by atoms with E-state index in [-0.39, 0.29) is 10.8 Å². The van der Waals surface area contributed by atoms with E-state index in [9.17, 15) is 13.2 Å². The molecule has 1 aromatic rings. The lowest BCUT2D eigenvalue weighted by atomic mass is 9.83. The fourth-order valence-corrected chi connectivity index (χ4v) is 2.66. The second-order valence-corrected chi connectivity index (χ2v) is 6.32. The van der Waals surface area contributed by atoms with Crippen molar-refractivity contribution in [3.05, 3.63) is 24.3 Å². The summed E-state index contributed by atoms with van der Waals surface area (Å²) in [5.41, 5.74) is -0.0646. The third-order valence-corrected chi connectivity index (χ3v) is 3.80. The van der Waals surface area contributed by atoms with E-state index in [1.807, 2.05) is 13.8 Å². The Morgan fingerprint density at radius 1 is 1.29 bits per heavy atom. The number of amides is 1. The summed E-state index contributed by atoms with van der Waals surface area (Å²) in [5, 5.41) is 5.12. The number of nitrogens with zero attached hydrogens (tertiary/aromatic N) is 1. The van der Waals surface area contributed by atoms with Crippen LogP contribution in [0.3, 0.4) is 0 Å². The summed E-state index contributed by atoms with van der Waals surface area (Å²) < 4.78 is 22.8. The molecule has 2 N–H and O–H groups in total. The Morgan fingerprint density at radius 2 is 1.88 bits per heavy atom. The van der Waals surface area contributed by atoms with Gasteiger partial charge >= 0.3 is 0 Å². The molecular formula is C11H14N2O3S. The van der Waals surface area contributed by atoms with Gasteiger partial charge in [-0.1, -0.05) is 12.1 Å². The van der Waals surface area contributed by atoms with E-state index >= 15 is 0 Å². The Labute approximate surface area is 100 Å². The summed E-state index contributed by atoms with van der Waals surface area (Å²) in [6.07, 6.45) is 0. The van der Waals surface area contributed by atoms with Gasteiger partial charge in [0.05, 0.1) is 11.1 Å². The molecule has 0 atom stereocenters. The lowest BCUT2D eigenvalue weighted by Gasteiger charge is -2.44. The van der Waals surface area contributed by atoms with E-state index in [0.717, 1.165) is 0 Å². The first kappa shape index (κ1) is 12.1. The molecule has 0 aromatic heterocycles. The van der Waals surface area contributed by atoms with Gasteiger partial charge in [-0.15, -0.1) is 0 Å². The Balaban J connectivity index is 2.46. The van der Waals surface area contributed by atoms with Crippen molar-refractivity contribution in [2.45, 2.75) is 18.7 Å². The highest BCUT2D eigenvalue weighted by Gasteiger charge is 2.46. The number of anilines is 1. The van der Waals surface area contributed by atoms with Crippen LogP contribution in [0.2, 0.25) is 0 Å². The van der Waals surface area contributed by atoms with Crippen LogP contribution in [0.25, 0.3) is 0 Å². The minimum absolute atomic E-state index is 0.0103. The van der Waals surface area contributed by atoms with Gasteiger partial charge in [-0.25, -0.2) is 13.6 Å². The van der Waals surface area contributed by atoms with Gasteiger partial charge in [0.25, 0.3) is 0 Å². The Bertz CT molecular complexity index is 578. The first-order valence-electron chi connectivity index (χ1n) is 5.17. The molecule has 1 aromatic carbocycles. The highest BCUT2D eigenvalue weighted by atomic mass is 32.2. The SMILES string of the molecule is CC1(C)CN(c2ccccc2S(N)(=O)=O)C1=O. The number of benzene rings is 1. The van der Waals surface area contributed by atoms with Crippen molar-refractivity contribution in [2.24, 2.45) is 10.6 Å². The molecular weight excluding hydrogens is 240 g/mol. The molecule has 0 unspecified atom stereocenters. The molecule has 1 aliphatic heterocycles. The van der Waals surface area contributed by atoms with Crippen molar-refractivity contribution in [3.63, 3.8) is 0 Å². The number of rotatable bonds is 2. The lowest BCUT2D eigenvalue weighted by molar-refractivity contribution is -0.132. The normalized spacial score (nSPS) is 19.0. The van der Waals surface area contributed by atoms with E-state index < -0.39 is 15.4 Å². The Kier molecular flexibility index (Phi) is 2.52. The molecule has 1 heterocycles. The number of hydrogen-bond donors (Lipinski definition) is 1. The number of carbonyl (C=O) groups excluding carboxylic acids is 1. The fourth-order valence-electron chi connectivity index (χ4n) is 1.92. The zero-order valence-corrected chi connectivity index (χ0v) is 10.5. The molecule has 1 amide bonds. The van der Waals surface area contributed by atoms with Crippen molar-refractivity contribution in [2.75, 3.05) is 11.4 Å². The number of carbonyl (C=O) groups is 1. The highest BCUT2D eigenvalue weighted by molar-refractivity contribution is 7.89. The summed E-state index contributed by atoms with van der Waals surface area (Å²) in [7, 11) is -3.81. The molecule has 5 nitrogen and oxygen atoms in total. The number of hydrogen-bond acceptors (Lipinski definition) is 3. The van der Waals surface area contributed by atoms with Gasteiger partial charge in [0.1, 0.15) is 4.90 Å². The smallest absolute Gasteiger partial charge is 0.240 e. The van der Waals surface area contributed by atoms with Crippen LogP contribution in [-0.4, -0.2) is 20.9 Å². The van der Waals surface area contributed by atoms with Gasteiger partial charge in [0, 0.05) is 6.54 Å². The standard InChI is InChI=1S/C11H14N2O3S/c1-11(2)7-13(10(11)14)8-5-3-4-6-9(8)17(12,15)16/h3-6H,7H2,1-2H3,(H2,12,15,16). The summed E-state index contributed by atoms with van der Waals surface area (Å²) >= 11 is 0. The van der Waals surface area contributed by atoms with Gasteiger partial charge < -0.3 is 4.90 Å². The maximum absolute atomic E-state index is 11.9. The average molecular weight is 254 g/mol. The largest absolute Gasteiger partial charge is 0.309 e. The van der Waals surface area contributed by atoms with E-state index in [4.69, 9.17) is 5.14 Å². The van der Waals surface area contributed by atoms with Crippen LogP contribution >= 0.6 is 0 Å². The Hall–Kier alpha value is -1.40. The molecule has 0 radical (unpaired) electrons. The van der Waals surface area contributed by atoms with Gasteiger partial charge in [0.2, 0.25) is 15.9 Å². The molecule has 17 heavy (non-hydrogen) atoms. The average Bonchev–Trinajstić information content (AvgIpc) is 2.24. The van der Waals surface area contributed by atoms with E-state index in [1.165, 1.54) is 11.0 Å². The third-order valence-electron chi connectivity index (χ3n) is 2.84. The number of para-hydroxylation sites is 1. The van der Waals surface area contributed by atoms with Gasteiger partial charge in [-0.3, -0.25) is 4.79 Å². The second kappa shape index (κ2) is 3.54. The lowest BCUT2D eigenvalue weighted by Crippen LogP contribution is -2.59. The number of β-lactam (4-membered cyclic amide) rings is 1. The van der Waals surface area contributed by atoms with Gasteiger partial charge in [0.15, 0.2) is 0 Å². The molecule has 0 bridgehead atoms. The number of sulfonamides is 1. The molecule has 1 fully saturated rings. The highest BCUT2D eigenvalue weighted by Crippen LogP contribution is 2.37. The monoisotopic (exact) mass is 254 g/mol. The molecule has 2 rings (SSSR count). The van der Waals surface area contributed by atoms with E-state index in [1.54, 1.807) is 18.2 Å². The minimum Gasteiger partial charge on any atom is -0.309 e. The fraction of sp³-hybridized carbons (Fsp3) is 0.364. The first-order chi connectivity index (χ1) is 7.73. The van der Waals surface area contributed by atoms with Crippen molar-refractivity contribution in [1.82, 2.24) is 0 Å². The van der Waals surface area contributed by atoms with Crippen LogP contribution in [0.4, 0.5) is 5.69 Å². The summed E-state index contributed by atoms with van der Waals surface area (Å²) in [6, 6.07) is 6.26. The molecule has 0 saturated carbocycles. The summed E-state index contributed by atoms with van der Waals surface area (Å²) in [6.45, 7) is 4.15. The van der Waals surface area contributed by atoms with Crippen LogP contribution in [0.15, 0.2) is 29.2 Å².